The SMILES string of the molecule is CC(C)(C)[Si](C)(C)C1(O)CC[C@H]2C(CC[C@@H]3[C@@H]2CC[C@]2(C)C(O)CC[C@@H]32)C1. The molecule has 4 aliphatic carbocycles. The zero-order valence-electron chi connectivity index (χ0n) is 18.7. The number of hydrogen-bond acceptors (Lipinski definition) is 2. The molecule has 0 radical (unpaired) electrons. The molecule has 0 aromatic heterocycles. The van der Waals surface area contributed by atoms with Gasteiger partial charge in [0, 0.05) is 0 Å². The number of aliphatic hydroxyl groups is 2. The van der Waals surface area contributed by atoms with E-state index >= 15 is 0 Å². The van der Waals surface area contributed by atoms with E-state index in [4.69, 9.17) is 0 Å². The van der Waals surface area contributed by atoms with Crippen molar-refractivity contribution in [1.29, 1.82) is 0 Å². The predicted molar refractivity (Wildman–Crippen MR) is 115 cm³/mol. The molecule has 0 aromatic carbocycles. The average Bonchev–Trinajstić information content (AvgIpc) is 2.88. The van der Waals surface area contributed by atoms with Crippen molar-refractivity contribution in [2.45, 2.75) is 115 Å². The molecule has 4 rings (SSSR count). The number of rotatable bonds is 1. The van der Waals surface area contributed by atoms with Crippen molar-refractivity contribution in [3.8, 4) is 0 Å². The van der Waals surface area contributed by atoms with E-state index in [2.05, 4.69) is 40.8 Å². The fourth-order valence-electron chi connectivity index (χ4n) is 8.12. The number of hydrogen-bond donors (Lipinski definition) is 2. The number of aliphatic hydroxyl groups excluding tert-OH is 1. The Balaban J connectivity index is 1.53. The van der Waals surface area contributed by atoms with Gasteiger partial charge < -0.3 is 10.2 Å². The highest BCUT2D eigenvalue weighted by Gasteiger charge is 2.60. The Morgan fingerprint density at radius 2 is 1.52 bits per heavy atom. The van der Waals surface area contributed by atoms with E-state index in [1.807, 2.05) is 0 Å². The Kier molecular flexibility index (Phi) is 4.77. The topological polar surface area (TPSA) is 40.5 Å². The van der Waals surface area contributed by atoms with E-state index in [1.165, 1.54) is 38.5 Å². The number of fused-ring (bicyclic) bond motifs is 5. The normalized spacial score (nSPS) is 50.7. The second kappa shape index (κ2) is 6.32. The van der Waals surface area contributed by atoms with Crippen LogP contribution in [0.1, 0.15) is 85.5 Å². The molecule has 0 heterocycles. The highest BCUT2D eigenvalue weighted by Crippen LogP contribution is 2.64. The van der Waals surface area contributed by atoms with Gasteiger partial charge in [-0.25, -0.2) is 0 Å². The van der Waals surface area contributed by atoms with Crippen LogP contribution in [-0.2, 0) is 0 Å². The molecule has 27 heavy (non-hydrogen) atoms. The van der Waals surface area contributed by atoms with E-state index in [0.29, 0.717) is 0 Å². The molecule has 4 saturated carbocycles. The van der Waals surface area contributed by atoms with Crippen LogP contribution < -0.4 is 0 Å². The summed E-state index contributed by atoms with van der Waals surface area (Å²) in [4.78, 5) is 0. The fraction of sp³-hybridized carbons (Fsp3) is 1.00. The maximum atomic E-state index is 11.8. The molecule has 8 atom stereocenters. The van der Waals surface area contributed by atoms with E-state index in [-0.39, 0.29) is 21.8 Å². The van der Waals surface area contributed by atoms with Crippen molar-refractivity contribution in [2.75, 3.05) is 0 Å². The van der Waals surface area contributed by atoms with Gasteiger partial charge in [0.05, 0.1) is 19.4 Å². The Morgan fingerprint density at radius 1 is 0.852 bits per heavy atom. The molecule has 4 aliphatic rings. The van der Waals surface area contributed by atoms with Gasteiger partial charge in [-0.1, -0.05) is 40.8 Å². The third-order valence-corrected chi connectivity index (χ3v) is 17.5. The van der Waals surface area contributed by atoms with Gasteiger partial charge >= 0.3 is 0 Å². The standard InChI is InChI=1S/C24H44O2Si/c1-22(2,3)27(5,6)24(26)14-12-17-16(15-24)7-8-19-18(17)11-13-23(4)20(19)9-10-21(23)25/h16-21,25-26H,7-15H2,1-6H3/t16?,17-,18+,19+,20-,21?,23-,24?/m0/s1. The molecule has 2 nitrogen and oxygen atoms in total. The molecule has 2 N–H and O–H groups in total. The Labute approximate surface area is 168 Å². The first-order valence-corrected chi connectivity index (χ1v) is 14.8. The summed E-state index contributed by atoms with van der Waals surface area (Å²) in [6.07, 6.45) is 10.8. The van der Waals surface area contributed by atoms with E-state index in [1.54, 1.807) is 0 Å². The van der Waals surface area contributed by atoms with Gasteiger partial charge in [-0.2, -0.15) is 0 Å². The highest BCUT2D eigenvalue weighted by atomic mass is 28.3. The smallest absolute Gasteiger partial charge is 0.0903 e. The first-order chi connectivity index (χ1) is 12.4. The van der Waals surface area contributed by atoms with Gasteiger partial charge in [-0.05, 0) is 97.8 Å². The molecule has 0 aliphatic heterocycles. The van der Waals surface area contributed by atoms with Gasteiger partial charge in [-0.3, -0.25) is 0 Å². The molecule has 4 fully saturated rings. The Bertz CT molecular complexity index is 581. The predicted octanol–water partition coefficient (Wildman–Crippen LogP) is 5.78. The van der Waals surface area contributed by atoms with Crippen molar-refractivity contribution in [3.05, 3.63) is 0 Å². The van der Waals surface area contributed by atoms with Crippen LogP contribution in [0.25, 0.3) is 0 Å². The average molecular weight is 393 g/mol. The summed E-state index contributed by atoms with van der Waals surface area (Å²) in [6.45, 7) is 14.3. The molecule has 0 aromatic rings. The highest BCUT2D eigenvalue weighted by molar-refractivity contribution is 6.82. The maximum Gasteiger partial charge on any atom is 0.0903 e. The van der Waals surface area contributed by atoms with Crippen molar-refractivity contribution in [1.82, 2.24) is 0 Å². The summed E-state index contributed by atoms with van der Waals surface area (Å²) in [7, 11) is -1.77. The third kappa shape index (κ3) is 2.85. The largest absolute Gasteiger partial charge is 0.393 e. The van der Waals surface area contributed by atoms with Crippen LogP contribution in [0.4, 0.5) is 0 Å². The van der Waals surface area contributed by atoms with E-state index in [0.717, 1.165) is 48.9 Å². The second-order valence-corrected chi connectivity index (χ2v) is 18.4. The summed E-state index contributed by atoms with van der Waals surface area (Å²) in [5, 5.41) is 22.3. The maximum absolute atomic E-state index is 11.8. The molecule has 3 heteroatoms. The lowest BCUT2D eigenvalue weighted by Gasteiger charge is -2.59. The second-order valence-electron chi connectivity index (χ2n) is 12.7. The molecule has 0 spiro atoms. The van der Waals surface area contributed by atoms with E-state index in [9.17, 15) is 10.2 Å². The van der Waals surface area contributed by atoms with Crippen LogP contribution >= 0.6 is 0 Å². The van der Waals surface area contributed by atoms with Crippen molar-refractivity contribution < 1.29 is 10.2 Å². The van der Waals surface area contributed by atoms with Gasteiger partial charge in [-0.15, -0.1) is 0 Å². The summed E-state index contributed by atoms with van der Waals surface area (Å²) >= 11 is 0. The van der Waals surface area contributed by atoms with Crippen molar-refractivity contribution in [2.24, 2.45) is 35.0 Å². The molecule has 0 saturated heterocycles. The van der Waals surface area contributed by atoms with E-state index < -0.39 is 8.07 Å². The third-order valence-electron chi connectivity index (χ3n) is 11.0. The lowest BCUT2D eigenvalue weighted by Crippen LogP contribution is -2.63. The Morgan fingerprint density at radius 3 is 2.19 bits per heavy atom. The minimum absolute atomic E-state index is 0.0591. The van der Waals surface area contributed by atoms with Crippen LogP contribution in [-0.4, -0.2) is 29.6 Å². The Hall–Kier alpha value is 0.137. The van der Waals surface area contributed by atoms with Crippen LogP contribution in [0.15, 0.2) is 0 Å². The quantitative estimate of drug-likeness (QED) is 0.555. The molecular weight excluding hydrogens is 348 g/mol. The zero-order chi connectivity index (χ0) is 19.8. The van der Waals surface area contributed by atoms with Crippen molar-refractivity contribution >= 4 is 8.07 Å². The van der Waals surface area contributed by atoms with Gasteiger partial charge in [0.15, 0.2) is 0 Å². The zero-order valence-corrected chi connectivity index (χ0v) is 19.7. The summed E-state index contributed by atoms with van der Waals surface area (Å²) in [6, 6.07) is 0. The lowest BCUT2D eigenvalue weighted by atomic mass is 9.50. The lowest BCUT2D eigenvalue weighted by molar-refractivity contribution is -0.0987. The molecular formula is C24H44O2Si. The molecule has 3 unspecified atom stereocenters. The summed E-state index contributed by atoms with van der Waals surface area (Å²) in [5.74, 6) is 4.07. The monoisotopic (exact) mass is 392 g/mol. The molecule has 0 bridgehead atoms. The van der Waals surface area contributed by atoms with Gasteiger partial charge in [0.2, 0.25) is 0 Å². The van der Waals surface area contributed by atoms with Crippen LogP contribution in [0.5, 0.6) is 0 Å². The first kappa shape index (κ1) is 20.4. The minimum atomic E-state index is -1.77. The molecule has 0 amide bonds. The van der Waals surface area contributed by atoms with Crippen LogP contribution in [0, 0.1) is 35.0 Å². The van der Waals surface area contributed by atoms with Gasteiger partial charge in [0.1, 0.15) is 0 Å². The van der Waals surface area contributed by atoms with Crippen LogP contribution in [0.2, 0.25) is 18.1 Å². The minimum Gasteiger partial charge on any atom is -0.393 e. The summed E-state index contributed by atoms with van der Waals surface area (Å²) < 4.78 is 0. The molecule has 156 valence electrons. The fourth-order valence-corrected chi connectivity index (χ4v) is 11.1. The first-order valence-electron chi connectivity index (χ1n) is 11.8. The van der Waals surface area contributed by atoms with Gasteiger partial charge in [0.25, 0.3) is 0 Å². The van der Waals surface area contributed by atoms with Crippen molar-refractivity contribution in [3.63, 3.8) is 0 Å². The summed E-state index contributed by atoms with van der Waals surface area (Å²) in [5.41, 5.74) is 0.199. The van der Waals surface area contributed by atoms with Crippen LogP contribution in [0.3, 0.4) is 0 Å².